The highest BCUT2D eigenvalue weighted by atomic mass is 127. The molecule has 15 heavy (non-hydrogen) atoms. The number of benzene rings is 1. The molecule has 1 aromatic heterocycles. The van der Waals surface area contributed by atoms with Gasteiger partial charge in [0.15, 0.2) is 11.6 Å². The minimum atomic E-state index is 0.446. The van der Waals surface area contributed by atoms with Crippen molar-refractivity contribution in [3.8, 4) is 11.3 Å². The Morgan fingerprint density at radius 2 is 2.13 bits per heavy atom. The summed E-state index contributed by atoms with van der Waals surface area (Å²) in [6, 6.07) is 8.04. The number of nitrogens with two attached hydrogens (primary N) is 1. The van der Waals surface area contributed by atoms with E-state index in [2.05, 4.69) is 33.8 Å². The molecule has 0 aliphatic rings. The molecule has 5 heteroatoms. The predicted molar refractivity (Wildman–Crippen MR) is 70.8 cm³/mol. The first-order chi connectivity index (χ1) is 7.24. The fourth-order valence-corrected chi connectivity index (χ4v) is 2.37. The molecule has 0 saturated carbocycles. The van der Waals surface area contributed by atoms with Gasteiger partial charge in [-0.05, 0) is 41.0 Å². The lowest BCUT2D eigenvalue weighted by molar-refractivity contribution is 0.434. The van der Waals surface area contributed by atoms with Crippen molar-refractivity contribution in [2.45, 2.75) is 4.90 Å². The van der Waals surface area contributed by atoms with E-state index < -0.39 is 0 Å². The topological polar surface area (TPSA) is 52.0 Å². The van der Waals surface area contributed by atoms with E-state index in [1.165, 1.54) is 0 Å². The summed E-state index contributed by atoms with van der Waals surface area (Å²) in [5.74, 6) is 1.19. The Morgan fingerprint density at radius 3 is 2.73 bits per heavy atom. The van der Waals surface area contributed by atoms with Crippen LogP contribution in [-0.2, 0) is 0 Å². The molecule has 0 aliphatic heterocycles. The second-order valence-corrected chi connectivity index (χ2v) is 4.84. The molecule has 0 amide bonds. The molecule has 0 unspecified atom stereocenters. The quantitative estimate of drug-likeness (QED) is 0.678. The van der Waals surface area contributed by atoms with Gasteiger partial charge in [0.2, 0.25) is 0 Å². The maximum absolute atomic E-state index is 5.65. The van der Waals surface area contributed by atoms with Gasteiger partial charge in [-0.3, -0.25) is 0 Å². The number of anilines is 1. The zero-order chi connectivity index (χ0) is 10.8. The smallest absolute Gasteiger partial charge is 0.183 e. The van der Waals surface area contributed by atoms with Crippen LogP contribution in [0.4, 0.5) is 5.82 Å². The third-order valence-corrected chi connectivity index (χ3v) is 3.85. The van der Waals surface area contributed by atoms with Crippen LogP contribution in [0, 0.1) is 3.57 Å². The van der Waals surface area contributed by atoms with Gasteiger partial charge < -0.3 is 10.3 Å². The number of nitrogen functional groups attached to an aromatic ring is 1. The third kappa shape index (κ3) is 1.98. The number of nitrogens with zero attached hydrogens (tertiary/aromatic N) is 1. The van der Waals surface area contributed by atoms with E-state index in [0.717, 1.165) is 19.8 Å². The van der Waals surface area contributed by atoms with Gasteiger partial charge in [0.25, 0.3) is 0 Å². The molecule has 0 spiro atoms. The van der Waals surface area contributed by atoms with Gasteiger partial charge in [0.05, 0.1) is 0 Å². The highest BCUT2D eigenvalue weighted by Gasteiger charge is 2.15. The van der Waals surface area contributed by atoms with Gasteiger partial charge in [0.1, 0.15) is 3.57 Å². The molecule has 1 heterocycles. The van der Waals surface area contributed by atoms with Gasteiger partial charge >= 0.3 is 0 Å². The number of hydrogen-bond donors (Lipinski definition) is 1. The third-order valence-electron chi connectivity index (χ3n) is 2.01. The maximum atomic E-state index is 5.65. The first kappa shape index (κ1) is 10.8. The fraction of sp³-hybridized carbons (Fsp3) is 0.100. The predicted octanol–water partition coefficient (Wildman–Crippen LogP) is 3.25. The average molecular weight is 332 g/mol. The molecule has 0 radical (unpaired) electrons. The summed E-state index contributed by atoms with van der Waals surface area (Å²) in [6.45, 7) is 0. The van der Waals surface area contributed by atoms with Crippen molar-refractivity contribution >= 4 is 40.2 Å². The van der Waals surface area contributed by atoms with E-state index in [-0.39, 0.29) is 0 Å². The molecule has 0 saturated heterocycles. The van der Waals surface area contributed by atoms with E-state index in [0.29, 0.717) is 5.82 Å². The van der Waals surface area contributed by atoms with Crippen molar-refractivity contribution in [2.24, 2.45) is 0 Å². The second-order valence-electron chi connectivity index (χ2n) is 2.91. The first-order valence-electron chi connectivity index (χ1n) is 4.28. The Morgan fingerprint density at radius 1 is 1.40 bits per heavy atom. The summed E-state index contributed by atoms with van der Waals surface area (Å²) in [5, 5.41) is 3.75. The van der Waals surface area contributed by atoms with Crippen molar-refractivity contribution in [1.29, 1.82) is 0 Å². The van der Waals surface area contributed by atoms with Crippen molar-refractivity contribution in [3.63, 3.8) is 0 Å². The summed E-state index contributed by atoms with van der Waals surface area (Å²) in [7, 11) is 0. The van der Waals surface area contributed by atoms with E-state index in [9.17, 15) is 0 Å². The van der Waals surface area contributed by atoms with Crippen LogP contribution in [0.2, 0.25) is 0 Å². The largest absolute Gasteiger partial charge is 0.380 e. The Labute approximate surface area is 106 Å². The van der Waals surface area contributed by atoms with Gasteiger partial charge in [0, 0.05) is 10.5 Å². The highest BCUT2D eigenvalue weighted by Crippen LogP contribution is 2.34. The SMILES string of the molecule is CSc1ccccc1-c1onc(N)c1I. The van der Waals surface area contributed by atoms with Gasteiger partial charge in [-0.2, -0.15) is 0 Å². The van der Waals surface area contributed by atoms with Crippen molar-refractivity contribution < 1.29 is 4.52 Å². The normalized spacial score (nSPS) is 10.5. The monoisotopic (exact) mass is 332 g/mol. The van der Waals surface area contributed by atoms with Crippen molar-refractivity contribution in [3.05, 3.63) is 27.8 Å². The molecule has 0 atom stereocenters. The van der Waals surface area contributed by atoms with Gasteiger partial charge in [-0.25, -0.2) is 0 Å². The zero-order valence-electron chi connectivity index (χ0n) is 8.03. The molecule has 1 aromatic carbocycles. The van der Waals surface area contributed by atoms with E-state index in [4.69, 9.17) is 10.3 Å². The Bertz CT molecular complexity index is 484. The van der Waals surface area contributed by atoms with Crippen LogP contribution in [0.1, 0.15) is 0 Å². The Kier molecular flexibility index (Phi) is 3.20. The lowest BCUT2D eigenvalue weighted by Gasteiger charge is -2.02. The summed E-state index contributed by atoms with van der Waals surface area (Å²) in [5.41, 5.74) is 6.69. The number of rotatable bonds is 2. The second kappa shape index (κ2) is 4.44. The summed E-state index contributed by atoms with van der Waals surface area (Å²) < 4.78 is 6.10. The van der Waals surface area contributed by atoms with Crippen LogP contribution >= 0.6 is 34.4 Å². The van der Waals surface area contributed by atoms with Crippen LogP contribution in [-0.4, -0.2) is 11.4 Å². The van der Waals surface area contributed by atoms with E-state index >= 15 is 0 Å². The first-order valence-corrected chi connectivity index (χ1v) is 6.58. The average Bonchev–Trinajstić information content (AvgIpc) is 2.60. The number of aromatic nitrogens is 1. The summed E-state index contributed by atoms with van der Waals surface area (Å²) in [6.07, 6.45) is 2.03. The van der Waals surface area contributed by atoms with Crippen LogP contribution in [0.25, 0.3) is 11.3 Å². The van der Waals surface area contributed by atoms with Gasteiger partial charge in [-0.1, -0.05) is 17.3 Å². The van der Waals surface area contributed by atoms with Crippen LogP contribution in [0.15, 0.2) is 33.7 Å². The minimum Gasteiger partial charge on any atom is -0.380 e. The molecule has 0 fully saturated rings. The van der Waals surface area contributed by atoms with E-state index in [1.807, 2.05) is 24.5 Å². The maximum Gasteiger partial charge on any atom is 0.183 e. The van der Waals surface area contributed by atoms with Crippen LogP contribution in [0.3, 0.4) is 0 Å². The molecule has 2 N–H and O–H groups in total. The van der Waals surface area contributed by atoms with Crippen LogP contribution in [0.5, 0.6) is 0 Å². The zero-order valence-corrected chi connectivity index (χ0v) is 11.0. The highest BCUT2D eigenvalue weighted by molar-refractivity contribution is 14.1. The number of halogens is 1. The summed E-state index contributed by atoms with van der Waals surface area (Å²) in [4.78, 5) is 1.16. The minimum absolute atomic E-state index is 0.446. The molecule has 2 aromatic rings. The fourth-order valence-electron chi connectivity index (χ4n) is 1.29. The van der Waals surface area contributed by atoms with Crippen LogP contribution < -0.4 is 5.73 Å². The Balaban J connectivity index is 2.58. The Hall–Kier alpha value is -0.690. The molecule has 0 bridgehead atoms. The molecule has 3 nitrogen and oxygen atoms in total. The van der Waals surface area contributed by atoms with Crippen molar-refractivity contribution in [2.75, 3.05) is 12.0 Å². The molecular formula is C10H9IN2OS. The number of thioether (sulfide) groups is 1. The lowest BCUT2D eigenvalue weighted by Crippen LogP contribution is -1.87. The molecular weight excluding hydrogens is 323 g/mol. The van der Waals surface area contributed by atoms with Gasteiger partial charge in [-0.15, -0.1) is 11.8 Å². The van der Waals surface area contributed by atoms with E-state index in [1.54, 1.807) is 11.8 Å². The number of hydrogen-bond acceptors (Lipinski definition) is 4. The molecule has 2 rings (SSSR count). The summed E-state index contributed by atoms with van der Waals surface area (Å²) >= 11 is 3.82. The lowest BCUT2D eigenvalue weighted by atomic mass is 10.2. The molecule has 0 aliphatic carbocycles. The van der Waals surface area contributed by atoms with Crippen molar-refractivity contribution in [1.82, 2.24) is 5.16 Å². The molecule has 78 valence electrons. The standard InChI is InChI=1S/C10H9IN2OS/c1-15-7-5-3-2-4-6(7)9-8(11)10(12)13-14-9/h2-5H,1H3,(H2,12,13).